The van der Waals surface area contributed by atoms with Gasteiger partial charge in [-0.05, 0) is 0 Å². The summed E-state index contributed by atoms with van der Waals surface area (Å²) in [5.41, 5.74) is 0.170. The molecule has 1 aromatic rings. The first-order chi connectivity index (χ1) is 8.99. The van der Waals surface area contributed by atoms with Crippen molar-refractivity contribution in [3.63, 3.8) is 0 Å². The number of aliphatic hydroxyl groups is 2. The third-order valence-electron chi connectivity index (χ3n) is 2.35. The summed E-state index contributed by atoms with van der Waals surface area (Å²) in [6.45, 7) is 0. The van der Waals surface area contributed by atoms with Crippen LogP contribution in [-0.4, -0.2) is 52.4 Å². The Balaban J connectivity index is 2.74. The molecule has 0 aromatic carbocycles. The molecule has 8 nitrogen and oxygen atoms in total. The van der Waals surface area contributed by atoms with Crippen LogP contribution in [0.4, 0.5) is 0 Å². The lowest BCUT2D eigenvalue weighted by atomic mass is 10.1. The minimum atomic E-state index is -1.36. The summed E-state index contributed by atoms with van der Waals surface area (Å²) in [4.78, 5) is 29.4. The standard InChI is InChI=1S/C11H14N2O6/c1-18-8(15)3-7(14)9(16)6-4-12-10(13-5-6)11(17)19-2/h4-5,7,9,14,16H,3H2,1-2H3. The van der Waals surface area contributed by atoms with E-state index in [4.69, 9.17) is 0 Å². The molecule has 1 aromatic heterocycles. The maximum absolute atomic E-state index is 11.1. The van der Waals surface area contributed by atoms with Gasteiger partial charge in [0.05, 0.1) is 26.7 Å². The number of ether oxygens (including phenoxy) is 2. The zero-order valence-electron chi connectivity index (χ0n) is 10.4. The lowest BCUT2D eigenvalue weighted by Gasteiger charge is -2.16. The second-order valence-electron chi connectivity index (χ2n) is 3.62. The van der Waals surface area contributed by atoms with Crippen LogP contribution in [0.5, 0.6) is 0 Å². The molecule has 0 aliphatic rings. The third kappa shape index (κ3) is 3.97. The van der Waals surface area contributed by atoms with Crippen LogP contribution in [0.1, 0.15) is 28.7 Å². The van der Waals surface area contributed by atoms with Crippen LogP contribution < -0.4 is 0 Å². The Bertz CT molecular complexity index is 447. The van der Waals surface area contributed by atoms with Crippen molar-refractivity contribution >= 4 is 11.9 Å². The Hall–Kier alpha value is -2.06. The number of nitrogens with zero attached hydrogens (tertiary/aromatic N) is 2. The van der Waals surface area contributed by atoms with Gasteiger partial charge in [0.25, 0.3) is 0 Å². The van der Waals surface area contributed by atoms with E-state index in [-0.39, 0.29) is 17.8 Å². The van der Waals surface area contributed by atoms with Gasteiger partial charge in [0.2, 0.25) is 5.82 Å². The van der Waals surface area contributed by atoms with Gasteiger partial charge in [-0.3, -0.25) is 4.79 Å². The van der Waals surface area contributed by atoms with Gasteiger partial charge in [-0.1, -0.05) is 0 Å². The Labute approximate surface area is 109 Å². The van der Waals surface area contributed by atoms with Gasteiger partial charge in [0, 0.05) is 18.0 Å². The zero-order chi connectivity index (χ0) is 14.4. The van der Waals surface area contributed by atoms with Crippen molar-refractivity contribution in [3.05, 3.63) is 23.8 Å². The van der Waals surface area contributed by atoms with Gasteiger partial charge in [-0.2, -0.15) is 0 Å². The highest BCUT2D eigenvalue weighted by Gasteiger charge is 2.23. The van der Waals surface area contributed by atoms with Gasteiger partial charge in [-0.25, -0.2) is 14.8 Å². The first kappa shape index (κ1) is 15.0. The van der Waals surface area contributed by atoms with Crippen molar-refractivity contribution in [3.8, 4) is 0 Å². The van der Waals surface area contributed by atoms with Crippen molar-refractivity contribution in [2.45, 2.75) is 18.6 Å². The molecule has 0 fully saturated rings. The molecular weight excluding hydrogens is 256 g/mol. The van der Waals surface area contributed by atoms with E-state index in [1.807, 2.05) is 0 Å². The van der Waals surface area contributed by atoms with Gasteiger partial charge in [-0.15, -0.1) is 0 Å². The summed E-state index contributed by atoms with van der Waals surface area (Å²) < 4.78 is 8.78. The highest BCUT2D eigenvalue weighted by molar-refractivity contribution is 5.84. The minimum absolute atomic E-state index is 0.166. The molecule has 104 valence electrons. The van der Waals surface area contributed by atoms with Crippen LogP contribution in [0.2, 0.25) is 0 Å². The number of rotatable bonds is 5. The number of carbonyl (C=O) groups is 2. The Kier molecular flexibility index (Phi) is 5.34. The van der Waals surface area contributed by atoms with E-state index >= 15 is 0 Å². The van der Waals surface area contributed by atoms with Crippen molar-refractivity contribution in [2.24, 2.45) is 0 Å². The van der Waals surface area contributed by atoms with Crippen LogP contribution in [0.25, 0.3) is 0 Å². The van der Waals surface area contributed by atoms with Crippen LogP contribution >= 0.6 is 0 Å². The Morgan fingerprint density at radius 2 is 1.79 bits per heavy atom. The molecule has 19 heavy (non-hydrogen) atoms. The number of methoxy groups -OCH3 is 2. The van der Waals surface area contributed by atoms with Gasteiger partial charge < -0.3 is 19.7 Å². The predicted octanol–water partition coefficient (Wildman–Crippen LogP) is -0.779. The molecule has 0 aliphatic carbocycles. The summed E-state index contributed by atoms with van der Waals surface area (Å²) in [5, 5.41) is 19.4. The van der Waals surface area contributed by atoms with Crippen molar-refractivity contribution in [1.29, 1.82) is 0 Å². The maximum atomic E-state index is 11.1. The maximum Gasteiger partial charge on any atom is 0.376 e. The normalized spacial score (nSPS) is 13.5. The highest BCUT2D eigenvalue weighted by atomic mass is 16.5. The molecule has 1 rings (SSSR count). The molecule has 0 saturated heterocycles. The molecule has 0 spiro atoms. The SMILES string of the molecule is COC(=O)CC(O)C(O)c1cnc(C(=O)OC)nc1. The number of hydrogen-bond acceptors (Lipinski definition) is 8. The topological polar surface area (TPSA) is 119 Å². The molecule has 0 bridgehead atoms. The largest absolute Gasteiger partial charge is 0.469 e. The predicted molar refractivity (Wildman–Crippen MR) is 61.0 cm³/mol. The quantitative estimate of drug-likeness (QED) is 0.669. The Morgan fingerprint density at radius 1 is 1.21 bits per heavy atom. The fourth-order valence-corrected chi connectivity index (χ4v) is 1.28. The fourth-order valence-electron chi connectivity index (χ4n) is 1.28. The lowest BCUT2D eigenvalue weighted by molar-refractivity contribution is -0.144. The molecule has 2 N–H and O–H groups in total. The summed E-state index contributed by atoms with van der Waals surface area (Å²) in [6.07, 6.45) is -0.726. The van der Waals surface area contributed by atoms with Gasteiger partial charge in [0.15, 0.2) is 0 Å². The summed E-state index contributed by atoms with van der Waals surface area (Å²) in [7, 11) is 2.37. The number of esters is 2. The minimum Gasteiger partial charge on any atom is -0.469 e. The lowest BCUT2D eigenvalue weighted by Crippen LogP contribution is -2.23. The van der Waals surface area contributed by atoms with Crippen molar-refractivity contribution in [2.75, 3.05) is 14.2 Å². The van der Waals surface area contributed by atoms with E-state index in [0.717, 1.165) is 0 Å². The Morgan fingerprint density at radius 3 is 2.26 bits per heavy atom. The monoisotopic (exact) mass is 270 g/mol. The summed E-state index contributed by atoms with van der Waals surface area (Å²) in [6, 6.07) is 0. The van der Waals surface area contributed by atoms with Gasteiger partial charge >= 0.3 is 11.9 Å². The van der Waals surface area contributed by atoms with Gasteiger partial charge in [0.1, 0.15) is 6.10 Å². The zero-order valence-corrected chi connectivity index (χ0v) is 10.4. The van der Waals surface area contributed by atoms with Crippen LogP contribution in [0.3, 0.4) is 0 Å². The molecule has 8 heteroatoms. The summed E-state index contributed by atoms with van der Waals surface area (Å²) in [5.74, 6) is -1.53. The molecule has 2 atom stereocenters. The summed E-state index contributed by atoms with van der Waals surface area (Å²) >= 11 is 0. The fraction of sp³-hybridized carbons (Fsp3) is 0.455. The number of carbonyl (C=O) groups excluding carboxylic acids is 2. The molecular formula is C11H14N2O6. The number of aliphatic hydroxyl groups excluding tert-OH is 2. The second kappa shape index (κ2) is 6.76. The van der Waals surface area contributed by atoms with Crippen molar-refractivity contribution < 1.29 is 29.3 Å². The molecule has 0 aliphatic heterocycles. The number of hydrogen-bond donors (Lipinski definition) is 2. The third-order valence-corrected chi connectivity index (χ3v) is 2.35. The van der Waals surface area contributed by atoms with E-state index in [0.29, 0.717) is 0 Å². The molecule has 0 radical (unpaired) electrons. The smallest absolute Gasteiger partial charge is 0.376 e. The van der Waals surface area contributed by atoms with Crippen LogP contribution in [0.15, 0.2) is 12.4 Å². The van der Waals surface area contributed by atoms with E-state index in [9.17, 15) is 19.8 Å². The van der Waals surface area contributed by atoms with E-state index in [1.54, 1.807) is 0 Å². The first-order valence-electron chi connectivity index (χ1n) is 5.32. The highest BCUT2D eigenvalue weighted by Crippen LogP contribution is 2.17. The number of aromatic nitrogens is 2. The van der Waals surface area contributed by atoms with E-state index in [1.165, 1.54) is 26.6 Å². The average Bonchev–Trinajstić information content (AvgIpc) is 2.45. The molecule has 1 heterocycles. The van der Waals surface area contributed by atoms with Crippen molar-refractivity contribution in [1.82, 2.24) is 9.97 Å². The molecule has 2 unspecified atom stereocenters. The average molecular weight is 270 g/mol. The molecule has 0 amide bonds. The van der Waals surface area contributed by atoms with Crippen LogP contribution in [-0.2, 0) is 14.3 Å². The van der Waals surface area contributed by atoms with Crippen LogP contribution in [0, 0.1) is 0 Å². The second-order valence-corrected chi connectivity index (χ2v) is 3.62. The van der Waals surface area contributed by atoms with E-state index < -0.39 is 24.1 Å². The first-order valence-corrected chi connectivity index (χ1v) is 5.32. The molecule has 0 saturated carbocycles. The van der Waals surface area contributed by atoms with E-state index in [2.05, 4.69) is 19.4 Å².